The second-order valence-corrected chi connectivity index (χ2v) is 6.15. The highest BCUT2D eigenvalue weighted by Gasteiger charge is 2.13. The van der Waals surface area contributed by atoms with E-state index in [1.54, 1.807) is 17.1 Å². The minimum absolute atomic E-state index is 0.1000. The molecular formula is C21H19ClN2O2. The topological polar surface area (TPSA) is 41.6 Å². The highest BCUT2D eigenvalue weighted by Crippen LogP contribution is 2.23. The fraction of sp³-hybridized carbons (Fsp3) is 0.0952. The number of ether oxygens (including phenoxy) is 1. The Morgan fingerprint density at radius 3 is 2.08 bits per heavy atom. The maximum absolute atomic E-state index is 12.4. The van der Waals surface area contributed by atoms with Gasteiger partial charge in [-0.1, -0.05) is 48.0 Å². The summed E-state index contributed by atoms with van der Waals surface area (Å²) in [6, 6.07) is 24.6. The number of nitrogens with one attached hydrogen (secondary N) is 1. The van der Waals surface area contributed by atoms with Crippen molar-refractivity contribution in [1.82, 2.24) is 5.43 Å². The monoisotopic (exact) mass is 366 g/mol. The van der Waals surface area contributed by atoms with Gasteiger partial charge in [0, 0.05) is 5.02 Å². The summed E-state index contributed by atoms with van der Waals surface area (Å²) in [5, 5.41) is 2.40. The molecule has 1 amide bonds. The van der Waals surface area contributed by atoms with Crippen molar-refractivity contribution < 1.29 is 9.53 Å². The number of carbonyl (C=O) groups is 1. The van der Waals surface area contributed by atoms with Crippen LogP contribution in [0.3, 0.4) is 0 Å². The zero-order chi connectivity index (χ0) is 18.4. The summed E-state index contributed by atoms with van der Waals surface area (Å²) < 4.78 is 5.58. The van der Waals surface area contributed by atoms with E-state index in [0.29, 0.717) is 10.8 Å². The van der Waals surface area contributed by atoms with Gasteiger partial charge in [0.15, 0.2) is 6.61 Å². The quantitative estimate of drug-likeness (QED) is 0.631. The second kappa shape index (κ2) is 8.41. The van der Waals surface area contributed by atoms with Crippen molar-refractivity contribution in [3.8, 4) is 5.75 Å². The highest BCUT2D eigenvalue weighted by molar-refractivity contribution is 6.31. The van der Waals surface area contributed by atoms with E-state index in [4.69, 9.17) is 16.3 Å². The average molecular weight is 367 g/mol. The van der Waals surface area contributed by atoms with Gasteiger partial charge in [-0.2, -0.15) is 0 Å². The number of benzene rings is 3. The van der Waals surface area contributed by atoms with Crippen molar-refractivity contribution in [3.63, 3.8) is 0 Å². The van der Waals surface area contributed by atoms with Crippen molar-refractivity contribution >= 4 is 28.9 Å². The molecule has 26 heavy (non-hydrogen) atoms. The van der Waals surface area contributed by atoms with Crippen LogP contribution in [0, 0.1) is 6.92 Å². The van der Waals surface area contributed by atoms with E-state index in [-0.39, 0.29) is 12.5 Å². The van der Waals surface area contributed by atoms with E-state index in [0.717, 1.165) is 16.9 Å². The van der Waals surface area contributed by atoms with E-state index in [1.807, 2.05) is 73.7 Å². The fourth-order valence-corrected chi connectivity index (χ4v) is 2.56. The van der Waals surface area contributed by atoms with Gasteiger partial charge >= 0.3 is 0 Å². The van der Waals surface area contributed by atoms with Crippen LogP contribution < -0.4 is 15.2 Å². The third kappa shape index (κ3) is 4.55. The molecule has 0 saturated carbocycles. The van der Waals surface area contributed by atoms with E-state index in [2.05, 4.69) is 5.43 Å². The number of hydrazine groups is 1. The minimum atomic E-state index is -0.259. The van der Waals surface area contributed by atoms with Crippen LogP contribution in [0.15, 0.2) is 78.9 Å². The third-order valence-electron chi connectivity index (χ3n) is 3.76. The van der Waals surface area contributed by atoms with Crippen LogP contribution >= 0.6 is 11.6 Å². The molecule has 132 valence electrons. The molecule has 0 saturated heterocycles. The molecule has 0 bridgehead atoms. The number of hydrogen-bond acceptors (Lipinski definition) is 3. The Hall–Kier alpha value is -2.98. The van der Waals surface area contributed by atoms with Crippen molar-refractivity contribution in [2.45, 2.75) is 6.92 Å². The maximum Gasteiger partial charge on any atom is 0.276 e. The smallest absolute Gasteiger partial charge is 0.276 e. The summed E-state index contributed by atoms with van der Waals surface area (Å²) in [4.78, 5) is 12.4. The standard InChI is InChI=1S/C21H19ClN2O2/c1-16-14-19(12-13-20(16)22)26-15-21(25)23-24(17-8-4-2-5-9-17)18-10-6-3-7-11-18/h2-14H,15H2,1H3,(H,23,25). The second-order valence-electron chi connectivity index (χ2n) is 5.74. The van der Waals surface area contributed by atoms with E-state index < -0.39 is 0 Å². The number of amides is 1. The minimum Gasteiger partial charge on any atom is -0.484 e. The number of para-hydroxylation sites is 2. The number of hydrogen-bond donors (Lipinski definition) is 1. The van der Waals surface area contributed by atoms with Crippen LogP contribution in [0.2, 0.25) is 5.02 Å². The largest absolute Gasteiger partial charge is 0.484 e. The van der Waals surface area contributed by atoms with Crippen molar-refractivity contribution in [2.75, 3.05) is 11.6 Å². The summed E-state index contributed by atoms with van der Waals surface area (Å²) in [5.74, 6) is 0.346. The van der Waals surface area contributed by atoms with Gasteiger partial charge < -0.3 is 4.74 Å². The summed E-state index contributed by atoms with van der Waals surface area (Å²) >= 11 is 6.01. The summed E-state index contributed by atoms with van der Waals surface area (Å²) in [5.41, 5.74) is 5.50. The molecule has 0 spiro atoms. The molecule has 0 aliphatic heterocycles. The predicted octanol–water partition coefficient (Wildman–Crippen LogP) is 4.90. The number of aryl methyl sites for hydroxylation is 1. The van der Waals surface area contributed by atoms with E-state index in [9.17, 15) is 4.79 Å². The van der Waals surface area contributed by atoms with E-state index in [1.165, 1.54) is 0 Å². The Morgan fingerprint density at radius 2 is 1.54 bits per heavy atom. The van der Waals surface area contributed by atoms with Crippen LogP contribution in [0.4, 0.5) is 11.4 Å². The molecule has 4 nitrogen and oxygen atoms in total. The van der Waals surface area contributed by atoms with Crippen LogP contribution in [0.25, 0.3) is 0 Å². The Kier molecular flexibility index (Phi) is 5.77. The number of anilines is 2. The molecule has 3 rings (SSSR count). The average Bonchev–Trinajstić information content (AvgIpc) is 2.68. The molecule has 0 atom stereocenters. The van der Waals surface area contributed by atoms with Gasteiger partial charge in [0.1, 0.15) is 5.75 Å². The molecule has 0 radical (unpaired) electrons. The Morgan fingerprint density at radius 1 is 0.962 bits per heavy atom. The SMILES string of the molecule is Cc1cc(OCC(=O)NN(c2ccccc2)c2ccccc2)ccc1Cl. The van der Waals surface area contributed by atoms with Gasteiger partial charge in [0.2, 0.25) is 0 Å². The Bertz CT molecular complexity index is 830. The van der Waals surface area contributed by atoms with Crippen LogP contribution in [-0.4, -0.2) is 12.5 Å². The molecule has 3 aromatic rings. The van der Waals surface area contributed by atoms with Crippen LogP contribution in [0.1, 0.15) is 5.56 Å². The molecule has 5 heteroatoms. The van der Waals surface area contributed by atoms with Crippen molar-refractivity contribution in [3.05, 3.63) is 89.4 Å². The molecule has 1 N–H and O–H groups in total. The molecule has 0 fully saturated rings. The Labute approximate surface area is 157 Å². The van der Waals surface area contributed by atoms with E-state index >= 15 is 0 Å². The zero-order valence-corrected chi connectivity index (χ0v) is 15.1. The lowest BCUT2D eigenvalue weighted by molar-refractivity contribution is -0.123. The van der Waals surface area contributed by atoms with Gasteiger partial charge in [0.05, 0.1) is 11.4 Å². The maximum atomic E-state index is 12.4. The first-order chi connectivity index (χ1) is 12.6. The summed E-state index contributed by atoms with van der Waals surface area (Å²) in [6.07, 6.45) is 0. The van der Waals surface area contributed by atoms with Gasteiger partial charge in [-0.25, -0.2) is 0 Å². The molecule has 3 aromatic carbocycles. The molecule has 0 unspecified atom stereocenters. The number of carbonyl (C=O) groups excluding carboxylic acids is 1. The predicted molar refractivity (Wildman–Crippen MR) is 105 cm³/mol. The molecule has 0 heterocycles. The van der Waals surface area contributed by atoms with Gasteiger partial charge in [-0.3, -0.25) is 15.2 Å². The Balaban J connectivity index is 1.70. The van der Waals surface area contributed by atoms with Crippen LogP contribution in [0.5, 0.6) is 5.75 Å². The first-order valence-electron chi connectivity index (χ1n) is 8.22. The summed E-state index contributed by atoms with van der Waals surface area (Å²) in [6.45, 7) is 1.79. The first-order valence-corrected chi connectivity index (χ1v) is 8.60. The number of halogens is 1. The van der Waals surface area contributed by atoms with Gasteiger partial charge in [0.25, 0.3) is 5.91 Å². The van der Waals surface area contributed by atoms with Gasteiger partial charge in [-0.15, -0.1) is 0 Å². The molecule has 0 aliphatic rings. The lowest BCUT2D eigenvalue weighted by Crippen LogP contribution is -2.41. The lowest BCUT2D eigenvalue weighted by atomic mass is 10.2. The third-order valence-corrected chi connectivity index (χ3v) is 4.19. The molecular weight excluding hydrogens is 348 g/mol. The van der Waals surface area contributed by atoms with Gasteiger partial charge in [-0.05, 0) is 55.0 Å². The number of nitrogens with zero attached hydrogens (tertiary/aromatic N) is 1. The molecule has 0 aliphatic carbocycles. The van der Waals surface area contributed by atoms with Crippen molar-refractivity contribution in [2.24, 2.45) is 0 Å². The lowest BCUT2D eigenvalue weighted by Gasteiger charge is -2.25. The zero-order valence-electron chi connectivity index (χ0n) is 14.4. The normalized spacial score (nSPS) is 10.2. The number of rotatable bonds is 6. The first kappa shape index (κ1) is 17.8. The van der Waals surface area contributed by atoms with Crippen LogP contribution in [-0.2, 0) is 4.79 Å². The summed E-state index contributed by atoms with van der Waals surface area (Å²) in [7, 11) is 0. The van der Waals surface area contributed by atoms with Crippen molar-refractivity contribution in [1.29, 1.82) is 0 Å². The fourth-order valence-electron chi connectivity index (χ4n) is 2.45. The molecule has 0 aromatic heterocycles. The highest BCUT2D eigenvalue weighted by atomic mass is 35.5.